The maximum atomic E-state index is 15.1. The Morgan fingerprint density at radius 1 is 0.247 bits per heavy atom. The predicted octanol–water partition coefficient (Wildman–Crippen LogP) is 39.1. The molecule has 0 amide bonds. The number of carbonyl (C=O) groups excluding carboxylic acids is 5. The van der Waals surface area contributed by atoms with Crippen molar-refractivity contribution in [2.45, 2.75) is 718 Å². The Morgan fingerprint density at radius 2 is 0.453 bits per heavy atom. The Kier molecular flexibility index (Phi) is 93.1. The van der Waals surface area contributed by atoms with Crippen molar-refractivity contribution in [2.75, 3.05) is 13.2 Å². The Balaban J connectivity index is 2.69. The highest BCUT2D eigenvalue weighted by Crippen LogP contribution is 2.38. The maximum Gasteiger partial charge on any atom is 0.333 e. The largest absolute Gasteiger partial charge is 0.459 e. The molecule has 2 rings (SSSR count). The number of hydrogen-bond donors (Lipinski definition) is 3. The number of carbonyl (C=O) groups is 5. The first-order valence-corrected chi connectivity index (χ1v) is 65.4. The van der Waals surface area contributed by atoms with Gasteiger partial charge >= 0.3 is 29.8 Å². The summed E-state index contributed by atoms with van der Waals surface area (Å²) in [7, 11) is 0. The third-order valence-electron chi connectivity index (χ3n) is 32.8. The topological polar surface area (TPSA) is 220 Å². The van der Waals surface area contributed by atoms with Crippen molar-refractivity contribution >= 4 is 29.8 Å². The van der Waals surface area contributed by atoms with Gasteiger partial charge < -0.3 is 53.2 Å². The van der Waals surface area contributed by atoms with Crippen molar-refractivity contribution in [3.05, 3.63) is 46.6 Å². The van der Waals surface area contributed by atoms with Crippen molar-refractivity contribution < 1.29 is 77.2 Å². The molecule has 2 fully saturated rings. The van der Waals surface area contributed by atoms with E-state index < -0.39 is 104 Å². The van der Waals surface area contributed by atoms with Crippen molar-refractivity contribution in [3.63, 3.8) is 0 Å². The van der Waals surface area contributed by atoms with Crippen LogP contribution in [0.3, 0.4) is 0 Å². The Hall–Kier alpha value is -3.93. The van der Waals surface area contributed by atoms with E-state index in [1.54, 1.807) is 27.7 Å². The summed E-state index contributed by atoms with van der Waals surface area (Å²) in [6.45, 7) is 34.2. The molecule has 2 aliphatic heterocycles. The quantitative estimate of drug-likeness (QED) is 0.0223. The summed E-state index contributed by atoms with van der Waals surface area (Å²) in [6, 6.07) is 0. The molecule has 0 aromatic heterocycles. The molecular formula is C134H248O16. The minimum absolute atomic E-state index is 0.00148. The zero-order valence-electron chi connectivity index (χ0n) is 102. The Morgan fingerprint density at radius 3 is 0.700 bits per heavy atom. The third kappa shape index (κ3) is 76.7. The van der Waals surface area contributed by atoms with E-state index >= 15 is 9.59 Å². The second-order valence-corrected chi connectivity index (χ2v) is 48.9. The molecule has 2 aliphatic rings. The zero-order valence-corrected chi connectivity index (χ0v) is 102. The summed E-state index contributed by atoms with van der Waals surface area (Å²) in [4.78, 5) is 74.2. The van der Waals surface area contributed by atoms with Gasteiger partial charge in [-0.2, -0.15) is 0 Å². The monoisotopic (exact) mass is 2110 g/mol. The highest BCUT2D eigenvalue weighted by atomic mass is 16.8. The summed E-state index contributed by atoms with van der Waals surface area (Å²) in [6.07, 6.45) is 93.7. The van der Waals surface area contributed by atoms with Gasteiger partial charge in [-0.05, 0) is 107 Å². The van der Waals surface area contributed by atoms with E-state index in [0.29, 0.717) is 41.2 Å². The lowest BCUT2D eigenvalue weighted by Gasteiger charge is -2.47. The van der Waals surface area contributed by atoms with Crippen LogP contribution in [0, 0.1) is 47.3 Å². The summed E-state index contributed by atoms with van der Waals surface area (Å²) < 4.78 is 52.3. The van der Waals surface area contributed by atoms with Crippen molar-refractivity contribution in [3.8, 4) is 0 Å². The fourth-order valence-electron chi connectivity index (χ4n) is 23.4. The van der Waals surface area contributed by atoms with E-state index in [1.165, 1.54) is 424 Å². The predicted molar refractivity (Wildman–Crippen MR) is 633 cm³/mol. The molecule has 0 aliphatic carbocycles. The minimum Gasteiger partial charge on any atom is -0.459 e. The molecule has 0 saturated carbocycles. The highest BCUT2D eigenvalue weighted by molar-refractivity contribution is 5.89. The number of allylic oxidation sites excluding steroid dienone is 4. The molecule has 0 aromatic rings. The van der Waals surface area contributed by atoms with Gasteiger partial charge in [-0.1, -0.05) is 615 Å². The van der Waals surface area contributed by atoms with Crippen molar-refractivity contribution in [1.82, 2.24) is 0 Å². The van der Waals surface area contributed by atoms with Crippen LogP contribution < -0.4 is 0 Å². The first-order chi connectivity index (χ1) is 72.7. The fraction of sp³-hybridized carbons (Fsp3) is 0.903. The third-order valence-corrected chi connectivity index (χ3v) is 32.8. The first-order valence-electron chi connectivity index (χ1n) is 65.4. The molecule has 16 heteroatoms. The molecule has 2 heterocycles. The van der Waals surface area contributed by atoms with Crippen molar-refractivity contribution in [2.24, 2.45) is 47.3 Å². The van der Waals surface area contributed by atoms with Gasteiger partial charge in [0.2, 0.25) is 12.6 Å². The van der Waals surface area contributed by atoms with E-state index in [9.17, 15) is 29.7 Å². The van der Waals surface area contributed by atoms with Crippen LogP contribution in [0.5, 0.6) is 0 Å². The van der Waals surface area contributed by atoms with Gasteiger partial charge in [0.25, 0.3) is 0 Å². The summed E-state index contributed by atoms with van der Waals surface area (Å²) >= 11 is 0. The highest BCUT2D eigenvalue weighted by Gasteiger charge is 2.56. The second-order valence-electron chi connectivity index (χ2n) is 48.9. The van der Waals surface area contributed by atoms with Crippen LogP contribution >= 0.6 is 0 Å². The van der Waals surface area contributed by atoms with Crippen LogP contribution in [0.1, 0.15) is 657 Å². The average Bonchev–Trinajstić information content (AvgIpc) is 0.772. The van der Waals surface area contributed by atoms with Gasteiger partial charge in [0.05, 0.1) is 6.61 Å². The summed E-state index contributed by atoms with van der Waals surface area (Å²) in [5.74, 6) is -2.17. The molecule has 150 heavy (non-hydrogen) atoms. The van der Waals surface area contributed by atoms with Crippen LogP contribution in [-0.2, 0) is 61.9 Å². The summed E-state index contributed by atoms with van der Waals surface area (Å²) in [5.41, 5.74) is 1.18. The average molecular weight is 2120 g/mol. The molecule has 0 spiro atoms. The SMILES string of the molecule is CCCCCCCCCCCCCCCCCC[C@H](C)C[C@H](C)/C=C(\C)C(=O)OCC1O[C@H](O[C@H]2OC(CO)[C@@H](OC(=O)/C(C)=C/[C@@H](C)C[C@@H](C)CCCCCCCCCCCCCCCC)C(O)[C@@H]2OC(=O)/C(C)=C/[C@@H](C)C[C@@H](C)CCCCCCCCCCCCCCCCCC)[C@H](OC(=O)CCCCCCCCCCCCCCC)C(OC(=O)/C(C)=C/[C@@H](C)C[C@@H](C)CCCCCCCCCCCCCCCCCC)[C@@H]1O. The molecule has 4 unspecified atom stereocenters. The molecule has 16 nitrogen and oxygen atoms in total. The fourth-order valence-corrected chi connectivity index (χ4v) is 23.4. The van der Waals surface area contributed by atoms with E-state index in [2.05, 4.69) is 90.0 Å². The number of unbranched alkanes of at least 4 members (excludes halogenated alkanes) is 70. The van der Waals surface area contributed by atoms with Gasteiger partial charge in [0.1, 0.15) is 31.0 Å². The van der Waals surface area contributed by atoms with Gasteiger partial charge in [-0.25, -0.2) is 19.2 Å². The number of rotatable bonds is 105. The van der Waals surface area contributed by atoms with Gasteiger partial charge in [0, 0.05) is 28.7 Å². The molecule has 0 aromatic carbocycles. The molecule has 880 valence electrons. The van der Waals surface area contributed by atoms with Gasteiger partial charge in [-0.15, -0.1) is 0 Å². The van der Waals surface area contributed by atoms with E-state index in [4.69, 9.17) is 37.9 Å². The summed E-state index contributed by atoms with van der Waals surface area (Å²) in [5, 5.41) is 37.6. The molecule has 3 N–H and O–H groups in total. The maximum absolute atomic E-state index is 15.1. The van der Waals surface area contributed by atoms with Gasteiger partial charge in [0.15, 0.2) is 24.4 Å². The molecule has 0 bridgehead atoms. The molecule has 0 radical (unpaired) electrons. The minimum atomic E-state index is -1.92. The lowest BCUT2D eigenvalue weighted by atomic mass is 9.91. The molecular weight excluding hydrogens is 1870 g/mol. The van der Waals surface area contributed by atoms with Crippen LogP contribution in [0.4, 0.5) is 0 Å². The Bertz CT molecular complexity index is 3270. The first kappa shape index (κ1) is 142. The van der Waals surface area contributed by atoms with Crippen LogP contribution in [0.25, 0.3) is 0 Å². The van der Waals surface area contributed by atoms with Crippen LogP contribution in [0.15, 0.2) is 46.6 Å². The Labute approximate surface area is 927 Å². The smallest absolute Gasteiger partial charge is 0.333 e. The number of aliphatic hydroxyl groups excluding tert-OH is 3. The van der Waals surface area contributed by atoms with E-state index in [1.807, 2.05) is 24.3 Å². The lowest BCUT2D eigenvalue weighted by Crippen LogP contribution is -2.66. The van der Waals surface area contributed by atoms with Crippen LogP contribution in [-0.4, -0.2) is 120 Å². The van der Waals surface area contributed by atoms with Crippen LogP contribution in [0.2, 0.25) is 0 Å². The number of ether oxygens (including phenoxy) is 8. The molecule has 18 atom stereocenters. The van der Waals surface area contributed by atoms with E-state index in [0.717, 1.165) is 103 Å². The van der Waals surface area contributed by atoms with Gasteiger partial charge in [-0.3, -0.25) is 4.79 Å². The normalized spacial score (nSPS) is 20.1. The van der Waals surface area contributed by atoms with E-state index in [-0.39, 0.29) is 41.2 Å². The second kappa shape index (κ2) is 98.2. The zero-order chi connectivity index (χ0) is 110. The number of aliphatic hydroxyl groups is 3. The standard InChI is InChI=1S/C134H248O16/c1-18-23-28-33-38-43-48-53-57-60-65-69-74-78-83-88-93-108(6)98-112(10)102-116(14)129(139)143-107-121-123(137)126(148-131(141)118(16)104-114(12)100-110(8)95-90-85-80-75-70-66-61-58-54-49-44-39-34-29-24-19-2)128(146-122(136)97-92-87-82-77-72-63-52-47-42-37-32-27-22-5)134(145-121)150-133-127(149-132(142)119(17)105-115(13)101-111(9)96-91-86-81-76-71-67-62-59-55-50-45-40-35-30-25-20-3)124(138)125(120(106-135)144-133)147-130(140)117(15)103-113(11)99-109(7)94-89-84-79-73-68-64-56-51-46-41-36-31-26-21-4/h102-105,108-115,120-121,123-128,133-135,137-138H,18-101,106-107H2,1-17H3/b116-102+,117-103+,118-104+,119-105+/t108-,109-,110-,111-,112-,113-,114-,115-,120?,121?,123+,124?,125+,126?,127-,128+,133+,134+/m0/s1. The molecule has 2 saturated heterocycles. The lowest BCUT2D eigenvalue weighted by molar-refractivity contribution is -0.377. The number of hydrogen-bond acceptors (Lipinski definition) is 16. The van der Waals surface area contributed by atoms with Crippen molar-refractivity contribution in [1.29, 1.82) is 0 Å². The number of esters is 5.